The lowest BCUT2D eigenvalue weighted by Gasteiger charge is -2.10. The van der Waals surface area contributed by atoms with Gasteiger partial charge >= 0.3 is 0 Å². The van der Waals surface area contributed by atoms with Gasteiger partial charge in [-0.1, -0.05) is 24.2 Å². The van der Waals surface area contributed by atoms with Crippen molar-refractivity contribution >= 4 is 5.91 Å². The molecule has 1 aromatic carbocycles. The van der Waals surface area contributed by atoms with Gasteiger partial charge in [-0.05, 0) is 30.4 Å². The van der Waals surface area contributed by atoms with Crippen LogP contribution in [0.25, 0.3) is 0 Å². The van der Waals surface area contributed by atoms with Crippen LogP contribution in [0.5, 0.6) is 5.75 Å². The van der Waals surface area contributed by atoms with Crippen molar-refractivity contribution in [3.63, 3.8) is 0 Å². The predicted molar refractivity (Wildman–Crippen MR) is 79.4 cm³/mol. The van der Waals surface area contributed by atoms with E-state index in [0.717, 1.165) is 6.54 Å². The number of rotatable bonds is 6. The highest BCUT2D eigenvalue weighted by Gasteiger charge is 2.32. The fourth-order valence-corrected chi connectivity index (χ4v) is 2.32. The second-order valence-electron chi connectivity index (χ2n) is 5.70. The summed E-state index contributed by atoms with van der Waals surface area (Å²) in [7, 11) is 0. The lowest BCUT2D eigenvalue weighted by Crippen LogP contribution is -2.26. The van der Waals surface area contributed by atoms with Gasteiger partial charge in [0, 0.05) is 13.5 Å². The minimum absolute atomic E-state index is 0.112. The Hall–Kier alpha value is -2.37. The van der Waals surface area contributed by atoms with Gasteiger partial charge in [0.2, 0.25) is 11.7 Å². The van der Waals surface area contributed by atoms with Crippen LogP contribution in [0.1, 0.15) is 35.4 Å². The molecule has 0 radical (unpaired) electrons. The molecule has 3 rings (SSSR count). The van der Waals surface area contributed by atoms with Crippen LogP contribution in [-0.2, 0) is 6.61 Å². The summed E-state index contributed by atoms with van der Waals surface area (Å²) in [5.74, 6) is 2.68. The van der Waals surface area contributed by atoms with E-state index in [2.05, 4.69) is 22.4 Å². The van der Waals surface area contributed by atoms with E-state index >= 15 is 0 Å². The maximum atomic E-state index is 12.3. The van der Waals surface area contributed by atoms with Gasteiger partial charge in [-0.2, -0.15) is 4.98 Å². The van der Waals surface area contributed by atoms with Crippen molar-refractivity contribution in [2.24, 2.45) is 11.8 Å². The molecule has 1 fully saturated rings. The fourth-order valence-electron chi connectivity index (χ4n) is 2.32. The molecular formula is C16H19N3O3. The number of carbonyl (C=O) groups excluding carboxylic acids is 1. The molecular weight excluding hydrogens is 282 g/mol. The molecule has 6 heteroatoms. The number of nitrogens with one attached hydrogen (secondary N) is 1. The first-order valence-electron chi connectivity index (χ1n) is 7.42. The molecule has 116 valence electrons. The number of carbonyl (C=O) groups is 1. The first kappa shape index (κ1) is 14.6. The highest BCUT2D eigenvalue weighted by molar-refractivity contribution is 5.96. The number of hydrogen-bond donors (Lipinski definition) is 1. The molecule has 6 nitrogen and oxygen atoms in total. The SMILES string of the molecule is Cc1nc(COc2ccccc2C(=O)NCC2CC2C)no1. The Morgan fingerprint density at radius 3 is 2.91 bits per heavy atom. The third kappa shape index (κ3) is 3.44. The van der Waals surface area contributed by atoms with Crippen LogP contribution in [0.2, 0.25) is 0 Å². The first-order chi connectivity index (χ1) is 10.6. The third-order valence-electron chi connectivity index (χ3n) is 3.86. The van der Waals surface area contributed by atoms with Gasteiger partial charge in [0.1, 0.15) is 5.75 Å². The zero-order chi connectivity index (χ0) is 15.5. The van der Waals surface area contributed by atoms with E-state index in [0.29, 0.717) is 34.9 Å². The van der Waals surface area contributed by atoms with E-state index in [1.165, 1.54) is 6.42 Å². The summed E-state index contributed by atoms with van der Waals surface area (Å²) >= 11 is 0. The lowest BCUT2D eigenvalue weighted by atomic mass is 10.2. The van der Waals surface area contributed by atoms with Crippen LogP contribution in [0, 0.1) is 18.8 Å². The molecule has 1 saturated carbocycles. The van der Waals surface area contributed by atoms with E-state index < -0.39 is 0 Å². The maximum absolute atomic E-state index is 12.3. The normalized spacial score (nSPS) is 19.7. The summed E-state index contributed by atoms with van der Waals surface area (Å²) in [6.45, 7) is 4.80. The Bertz CT molecular complexity index is 668. The Morgan fingerprint density at radius 1 is 1.45 bits per heavy atom. The van der Waals surface area contributed by atoms with Crippen molar-refractivity contribution in [2.45, 2.75) is 26.9 Å². The first-order valence-corrected chi connectivity index (χ1v) is 7.42. The number of aryl methyl sites for hydroxylation is 1. The quantitative estimate of drug-likeness (QED) is 0.886. The van der Waals surface area contributed by atoms with E-state index in [1.807, 2.05) is 12.1 Å². The average molecular weight is 301 g/mol. The van der Waals surface area contributed by atoms with Crippen LogP contribution in [0.3, 0.4) is 0 Å². The van der Waals surface area contributed by atoms with Crippen LogP contribution < -0.4 is 10.1 Å². The zero-order valence-electron chi connectivity index (χ0n) is 12.7. The number of benzene rings is 1. The van der Waals surface area contributed by atoms with Gasteiger partial charge < -0.3 is 14.6 Å². The van der Waals surface area contributed by atoms with Crippen molar-refractivity contribution in [2.75, 3.05) is 6.54 Å². The highest BCUT2D eigenvalue weighted by Crippen LogP contribution is 2.36. The topological polar surface area (TPSA) is 77.2 Å². The van der Waals surface area contributed by atoms with Crippen molar-refractivity contribution in [3.8, 4) is 5.75 Å². The molecule has 0 saturated heterocycles. The Morgan fingerprint density at radius 2 is 2.23 bits per heavy atom. The summed E-state index contributed by atoms with van der Waals surface area (Å²) in [5, 5.41) is 6.74. The molecule has 1 amide bonds. The molecule has 0 aliphatic heterocycles. The molecule has 0 spiro atoms. The number of para-hydroxylation sites is 1. The van der Waals surface area contributed by atoms with Gasteiger partial charge in [-0.25, -0.2) is 0 Å². The molecule has 2 atom stereocenters. The Balaban J connectivity index is 1.62. The zero-order valence-corrected chi connectivity index (χ0v) is 12.7. The molecule has 1 aliphatic carbocycles. The lowest BCUT2D eigenvalue weighted by molar-refractivity contribution is 0.0946. The summed E-state index contributed by atoms with van der Waals surface area (Å²) < 4.78 is 10.5. The molecule has 1 aromatic heterocycles. The number of aromatic nitrogens is 2. The van der Waals surface area contributed by atoms with Crippen LogP contribution in [0.15, 0.2) is 28.8 Å². The number of ether oxygens (including phenoxy) is 1. The van der Waals surface area contributed by atoms with Crippen LogP contribution in [-0.4, -0.2) is 22.6 Å². The smallest absolute Gasteiger partial charge is 0.255 e. The predicted octanol–water partition coefficient (Wildman–Crippen LogP) is 2.34. The van der Waals surface area contributed by atoms with Gasteiger partial charge in [-0.15, -0.1) is 0 Å². The third-order valence-corrected chi connectivity index (χ3v) is 3.86. The van der Waals surface area contributed by atoms with E-state index in [-0.39, 0.29) is 12.5 Å². The summed E-state index contributed by atoms with van der Waals surface area (Å²) in [6, 6.07) is 7.17. The molecule has 2 unspecified atom stereocenters. The van der Waals surface area contributed by atoms with Crippen LogP contribution in [0.4, 0.5) is 0 Å². The minimum Gasteiger partial charge on any atom is -0.485 e. The van der Waals surface area contributed by atoms with E-state index in [1.54, 1.807) is 19.1 Å². The fraction of sp³-hybridized carbons (Fsp3) is 0.438. The molecule has 0 bridgehead atoms. The summed E-state index contributed by atoms with van der Waals surface area (Å²) in [5.41, 5.74) is 0.524. The Kier molecular flexibility index (Phi) is 4.09. The van der Waals surface area contributed by atoms with Crippen LogP contribution >= 0.6 is 0 Å². The van der Waals surface area contributed by atoms with Gasteiger partial charge in [-0.3, -0.25) is 4.79 Å². The standard InChI is InChI=1S/C16H19N3O3/c1-10-7-12(10)8-17-16(20)13-5-3-4-6-14(13)21-9-15-18-11(2)22-19-15/h3-6,10,12H,7-9H2,1-2H3,(H,17,20). The van der Waals surface area contributed by atoms with Gasteiger partial charge in [0.25, 0.3) is 5.91 Å². The molecule has 1 N–H and O–H groups in total. The summed E-state index contributed by atoms with van der Waals surface area (Å²) in [4.78, 5) is 16.4. The largest absolute Gasteiger partial charge is 0.485 e. The van der Waals surface area contributed by atoms with E-state index in [9.17, 15) is 4.79 Å². The molecule has 1 heterocycles. The monoisotopic (exact) mass is 301 g/mol. The van der Waals surface area contributed by atoms with Crippen molar-refractivity contribution in [3.05, 3.63) is 41.5 Å². The summed E-state index contributed by atoms with van der Waals surface area (Å²) in [6.07, 6.45) is 1.19. The average Bonchev–Trinajstić information content (AvgIpc) is 3.07. The molecule has 22 heavy (non-hydrogen) atoms. The van der Waals surface area contributed by atoms with E-state index in [4.69, 9.17) is 9.26 Å². The second-order valence-corrected chi connectivity index (χ2v) is 5.70. The van der Waals surface area contributed by atoms with Crippen molar-refractivity contribution < 1.29 is 14.1 Å². The second kappa shape index (κ2) is 6.17. The van der Waals surface area contributed by atoms with Gasteiger partial charge in [0.15, 0.2) is 6.61 Å². The van der Waals surface area contributed by atoms with Gasteiger partial charge in [0.05, 0.1) is 5.56 Å². The number of amides is 1. The molecule has 2 aromatic rings. The Labute approximate surface area is 128 Å². The maximum Gasteiger partial charge on any atom is 0.255 e. The van der Waals surface area contributed by atoms with Crippen molar-refractivity contribution in [1.82, 2.24) is 15.5 Å². The highest BCUT2D eigenvalue weighted by atomic mass is 16.5. The van der Waals surface area contributed by atoms with Crippen molar-refractivity contribution in [1.29, 1.82) is 0 Å². The number of nitrogens with zero attached hydrogens (tertiary/aromatic N) is 2. The minimum atomic E-state index is -0.112. The molecule has 1 aliphatic rings. The number of hydrogen-bond acceptors (Lipinski definition) is 5.